The number of benzene rings is 1. The number of methoxy groups -OCH3 is 2. The maximum atomic E-state index is 6.58. The molecule has 0 aliphatic heterocycles. The van der Waals surface area contributed by atoms with Crippen LogP contribution in [0.2, 0.25) is 0 Å². The van der Waals surface area contributed by atoms with Crippen molar-refractivity contribution >= 4 is 15.9 Å². The normalized spacial score (nSPS) is 17.8. The molecule has 0 amide bonds. The van der Waals surface area contributed by atoms with Crippen LogP contribution in [-0.4, -0.2) is 14.2 Å². The van der Waals surface area contributed by atoms with Crippen LogP contribution in [-0.2, 0) is 5.54 Å². The van der Waals surface area contributed by atoms with Crippen molar-refractivity contribution in [2.75, 3.05) is 14.2 Å². The molecule has 1 saturated carbocycles. The Morgan fingerprint density at radius 3 is 2.33 bits per heavy atom. The summed E-state index contributed by atoms with van der Waals surface area (Å²) in [5.74, 6) is 1.52. The average Bonchev–Trinajstić information content (AvgIpc) is 2.79. The van der Waals surface area contributed by atoms with E-state index in [1.165, 1.54) is 12.8 Å². The van der Waals surface area contributed by atoms with E-state index in [-0.39, 0.29) is 5.54 Å². The molecule has 100 valence electrons. The first-order valence-electron chi connectivity index (χ1n) is 6.24. The Morgan fingerprint density at radius 1 is 1.22 bits per heavy atom. The molecule has 1 aromatic carbocycles. The lowest BCUT2D eigenvalue weighted by Crippen LogP contribution is -2.34. The Bertz CT molecular complexity index is 454. The number of aryl methyl sites for hydroxylation is 1. The molecule has 1 aliphatic rings. The summed E-state index contributed by atoms with van der Waals surface area (Å²) in [5, 5.41) is 0. The van der Waals surface area contributed by atoms with Gasteiger partial charge in [0.15, 0.2) is 11.5 Å². The largest absolute Gasteiger partial charge is 0.493 e. The van der Waals surface area contributed by atoms with Gasteiger partial charge in [-0.25, -0.2) is 0 Å². The Labute approximate surface area is 117 Å². The SMILES string of the molecule is COc1cc(C)c(Br)c(C2(N)CCCC2)c1OC. The standard InChI is InChI=1S/C14H20BrNO2/c1-9-8-10(17-2)13(18-3)11(12(9)15)14(16)6-4-5-7-14/h8H,4-7,16H2,1-3H3. The fourth-order valence-electron chi connectivity index (χ4n) is 2.80. The van der Waals surface area contributed by atoms with E-state index >= 15 is 0 Å². The molecule has 0 aromatic heterocycles. The van der Waals surface area contributed by atoms with E-state index in [0.717, 1.165) is 39.9 Å². The van der Waals surface area contributed by atoms with Gasteiger partial charge in [-0.15, -0.1) is 0 Å². The maximum Gasteiger partial charge on any atom is 0.166 e. The summed E-state index contributed by atoms with van der Waals surface area (Å²) in [6.07, 6.45) is 4.33. The van der Waals surface area contributed by atoms with Crippen molar-refractivity contribution in [2.24, 2.45) is 5.73 Å². The van der Waals surface area contributed by atoms with E-state index < -0.39 is 0 Å². The summed E-state index contributed by atoms with van der Waals surface area (Å²) in [6.45, 7) is 2.05. The molecule has 1 aliphatic carbocycles. The van der Waals surface area contributed by atoms with Gasteiger partial charge in [-0.2, -0.15) is 0 Å². The predicted molar refractivity (Wildman–Crippen MR) is 76.3 cm³/mol. The molecule has 3 nitrogen and oxygen atoms in total. The van der Waals surface area contributed by atoms with Crippen LogP contribution in [0.25, 0.3) is 0 Å². The van der Waals surface area contributed by atoms with E-state index in [1.807, 2.05) is 13.0 Å². The van der Waals surface area contributed by atoms with Crippen LogP contribution in [0.1, 0.15) is 36.8 Å². The summed E-state index contributed by atoms with van der Waals surface area (Å²) in [6, 6.07) is 1.98. The van der Waals surface area contributed by atoms with Gasteiger partial charge in [0.05, 0.1) is 14.2 Å². The first-order valence-corrected chi connectivity index (χ1v) is 7.03. The van der Waals surface area contributed by atoms with E-state index in [0.29, 0.717) is 0 Å². The molecule has 0 unspecified atom stereocenters. The molecular weight excluding hydrogens is 294 g/mol. The van der Waals surface area contributed by atoms with Crippen LogP contribution in [0, 0.1) is 6.92 Å². The van der Waals surface area contributed by atoms with Gasteiger partial charge in [0.1, 0.15) is 0 Å². The number of rotatable bonds is 3. The molecule has 18 heavy (non-hydrogen) atoms. The van der Waals surface area contributed by atoms with Gasteiger partial charge in [-0.3, -0.25) is 0 Å². The smallest absolute Gasteiger partial charge is 0.166 e. The van der Waals surface area contributed by atoms with E-state index in [1.54, 1.807) is 14.2 Å². The van der Waals surface area contributed by atoms with Crippen LogP contribution in [0.15, 0.2) is 10.5 Å². The van der Waals surface area contributed by atoms with Gasteiger partial charge in [-0.05, 0) is 31.4 Å². The molecule has 1 aromatic rings. The molecule has 0 spiro atoms. The van der Waals surface area contributed by atoms with Crippen LogP contribution in [0.4, 0.5) is 0 Å². The van der Waals surface area contributed by atoms with Crippen molar-refractivity contribution in [1.82, 2.24) is 0 Å². The van der Waals surface area contributed by atoms with Gasteiger partial charge in [0, 0.05) is 15.6 Å². The fraction of sp³-hybridized carbons (Fsp3) is 0.571. The lowest BCUT2D eigenvalue weighted by molar-refractivity contribution is 0.336. The molecule has 0 atom stereocenters. The molecule has 2 rings (SSSR count). The first-order chi connectivity index (χ1) is 8.53. The van der Waals surface area contributed by atoms with Gasteiger partial charge in [-0.1, -0.05) is 28.8 Å². The molecule has 1 fully saturated rings. The highest BCUT2D eigenvalue weighted by Crippen LogP contribution is 2.48. The molecule has 2 N–H and O–H groups in total. The third kappa shape index (κ3) is 2.12. The Hall–Kier alpha value is -0.740. The second-order valence-corrected chi connectivity index (χ2v) is 5.77. The first kappa shape index (κ1) is 13.7. The van der Waals surface area contributed by atoms with Gasteiger partial charge in [0.25, 0.3) is 0 Å². The number of nitrogens with two attached hydrogens (primary N) is 1. The highest BCUT2D eigenvalue weighted by atomic mass is 79.9. The highest BCUT2D eigenvalue weighted by molar-refractivity contribution is 9.10. The summed E-state index contributed by atoms with van der Waals surface area (Å²) >= 11 is 3.66. The third-order valence-corrected chi connectivity index (χ3v) is 4.80. The molecule has 0 bridgehead atoms. The summed E-state index contributed by atoms with van der Waals surface area (Å²) < 4.78 is 12.0. The zero-order chi connectivity index (χ0) is 13.3. The molecule has 4 heteroatoms. The zero-order valence-corrected chi connectivity index (χ0v) is 12.8. The molecular formula is C14H20BrNO2. The van der Waals surface area contributed by atoms with Crippen LogP contribution >= 0.6 is 15.9 Å². The monoisotopic (exact) mass is 313 g/mol. The van der Waals surface area contributed by atoms with Gasteiger partial charge in [0.2, 0.25) is 0 Å². The number of halogens is 1. The predicted octanol–water partition coefficient (Wildman–Crippen LogP) is 3.50. The van der Waals surface area contributed by atoms with Crippen LogP contribution < -0.4 is 15.2 Å². The van der Waals surface area contributed by atoms with Crippen molar-refractivity contribution in [1.29, 1.82) is 0 Å². The van der Waals surface area contributed by atoms with Crippen molar-refractivity contribution in [2.45, 2.75) is 38.1 Å². The third-order valence-electron chi connectivity index (χ3n) is 3.78. The molecule has 0 heterocycles. The Balaban J connectivity index is 2.66. The van der Waals surface area contributed by atoms with E-state index in [2.05, 4.69) is 15.9 Å². The van der Waals surface area contributed by atoms with Gasteiger partial charge < -0.3 is 15.2 Å². The summed E-state index contributed by atoms with van der Waals surface area (Å²) in [7, 11) is 3.33. The molecule has 0 saturated heterocycles. The van der Waals surface area contributed by atoms with Gasteiger partial charge >= 0.3 is 0 Å². The van der Waals surface area contributed by atoms with E-state index in [4.69, 9.17) is 15.2 Å². The fourth-order valence-corrected chi connectivity index (χ4v) is 3.49. The lowest BCUT2D eigenvalue weighted by atomic mass is 9.87. The van der Waals surface area contributed by atoms with Crippen molar-refractivity contribution in [3.8, 4) is 11.5 Å². The summed E-state index contributed by atoms with van der Waals surface area (Å²) in [5.41, 5.74) is 8.46. The quantitative estimate of drug-likeness (QED) is 0.928. The second kappa shape index (κ2) is 5.10. The zero-order valence-electron chi connectivity index (χ0n) is 11.2. The lowest BCUT2D eigenvalue weighted by Gasteiger charge is -2.29. The van der Waals surface area contributed by atoms with Crippen LogP contribution in [0.5, 0.6) is 11.5 Å². The number of hydrogen-bond donors (Lipinski definition) is 1. The summed E-state index contributed by atoms with van der Waals surface area (Å²) in [4.78, 5) is 0. The minimum Gasteiger partial charge on any atom is -0.493 e. The maximum absolute atomic E-state index is 6.58. The van der Waals surface area contributed by atoms with Crippen molar-refractivity contribution in [3.63, 3.8) is 0 Å². The second-order valence-electron chi connectivity index (χ2n) is 4.98. The molecule has 0 radical (unpaired) electrons. The Morgan fingerprint density at radius 2 is 1.83 bits per heavy atom. The topological polar surface area (TPSA) is 44.5 Å². The minimum atomic E-state index is -0.302. The van der Waals surface area contributed by atoms with Crippen molar-refractivity contribution < 1.29 is 9.47 Å². The Kier molecular flexibility index (Phi) is 3.87. The highest BCUT2D eigenvalue weighted by Gasteiger charge is 2.37. The number of hydrogen-bond acceptors (Lipinski definition) is 3. The van der Waals surface area contributed by atoms with E-state index in [9.17, 15) is 0 Å². The average molecular weight is 314 g/mol. The minimum absolute atomic E-state index is 0.302. The van der Waals surface area contributed by atoms with Crippen molar-refractivity contribution in [3.05, 3.63) is 21.7 Å². The van der Waals surface area contributed by atoms with Crippen LogP contribution in [0.3, 0.4) is 0 Å². The number of ether oxygens (including phenoxy) is 2.